The SMILES string of the molecule is Clc1ncnc2nccnc12.c1ccccc1. The van der Waals surface area contributed by atoms with Gasteiger partial charge >= 0.3 is 0 Å². The number of hydrogen-bond acceptors (Lipinski definition) is 4. The Morgan fingerprint density at radius 3 is 1.88 bits per heavy atom. The van der Waals surface area contributed by atoms with Gasteiger partial charge in [0.1, 0.15) is 11.8 Å². The molecule has 0 spiro atoms. The Morgan fingerprint density at radius 1 is 0.706 bits per heavy atom. The number of nitrogens with zero attached hydrogens (tertiary/aromatic N) is 4. The molecular formula is C12H9ClN4. The molecule has 0 saturated heterocycles. The molecule has 4 nitrogen and oxygen atoms in total. The molecule has 2 aromatic heterocycles. The van der Waals surface area contributed by atoms with Crippen molar-refractivity contribution in [2.45, 2.75) is 0 Å². The van der Waals surface area contributed by atoms with Crippen LogP contribution >= 0.6 is 11.6 Å². The van der Waals surface area contributed by atoms with Crippen LogP contribution in [0.25, 0.3) is 11.2 Å². The van der Waals surface area contributed by atoms with Crippen LogP contribution in [0.3, 0.4) is 0 Å². The van der Waals surface area contributed by atoms with Gasteiger partial charge < -0.3 is 0 Å². The first kappa shape index (κ1) is 11.4. The second kappa shape index (κ2) is 5.86. The van der Waals surface area contributed by atoms with E-state index < -0.39 is 0 Å². The van der Waals surface area contributed by atoms with E-state index in [4.69, 9.17) is 11.6 Å². The highest BCUT2D eigenvalue weighted by atomic mass is 35.5. The average molecular weight is 245 g/mol. The summed E-state index contributed by atoms with van der Waals surface area (Å²) in [5.74, 6) is 0. The van der Waals surface area contributed by atoms with Gasteiger partial charge in [-0.3, -0.25) is 0 Å². The maximum absolute atomic E-state index is 5.70. The molecule has 84 valence electrons. The molecule has 2 heterocycles. The Hall–Kier alpha value is -2.07. The molecule has 3 aromatic rings. The van der Waals surface area contributed by atoms with E-state index in [9.17, 15) is 0 Å². The van der Waals surface area contributed by atoms with Gasteiger partial charge in [-0.25, -0.2) is 19.9 Å². The van der Waals surface area contributed by atoms with Gasteiger partial charge in [0.05, 0.1) is 0 Å². The summed E-state index contributed by atoms with van der Waals surface area (Å²) in [5, 5.41) is 0.336. The van der Waals surface area contributed by atoms with Crippen molar-refractivity contribution in [1.82, 2.24) is 19.9 Å². The zero-order valence-corrected chi connectivity index (χ0v) is 9.62. The van der Waals surface area contributed by atoms with Gasteiger partial charge in [0.25, 0.3) is 0 Å². The molecule has 0 atom stereocenters. The van der Waals surface area contributed by atoms with E-state index >= 15 is 0 Å². The predicted molar refractivity (Wildman–Crippen MR) is 66.6 cm³/mol. The third kappa shape index (κ3) is 3.19. The Balaban J connectivity index is 0.000000153. The first-order chi connectivity index (χ1) is 8.38. The molecule has 0 unspecified atom stereocenters. The van der Waals surface area contributed by atoms with Crippen LogP contribution in [0.1, 0.15) is 0 Å². The van der Waals surface area contributed by atoms with Gasteiger partial charge in [-0.05, 0) is 0 Å². The number of fused-ring (bicyclic) bond motifs is 1. The van der Waals surface area contributed by atoms with Crippen molar-refractivity contribution < 1.29 is 0 Å². The first-order valence-corrected chi connectivity index (χ1v) is 5.33. The van der Waals surface area contributed by atoms with Crippen molar-refractivity contribution in [1.29, 1.82) is 0 Å². The molecule has 0 radical (unpaired) electrons. The van der Waals surface area contributed by atoms with E-state index in [1.165, 1.54) is 6.33 Å². The Morgan fingerprint density at radius 2 is 1.29 bits per heavy atom. The Labute approximate surface area is 103 Å². The molecule has 0 fully saturated rings. The number of benzene rings is 1. The third-order valence-electron chi connectivity index (χ3n) is 1.89. The number of aromatic nitrogens is 4. The fourth-order valence-corrected chi connectivity index (χ4v) is 1.33. The van der Waals surface area contributed by atoms with Gasteiger partial charge in [0.15, 0.2) is 10.8 Å². The van der Waals surface area contributed by atoms with Crippen molar-refractivity contribution in [3.05, 3.63) is 60.3 Å². The summed E-state index contributed by atoms with van der Waals surface area (Å²) in [6.07, 6.45) is 4.47. The smallest absolute Gasteiger partial charge is 0.182 e. The minimum Gasteiger partial charge on any atom is -0.248 e. The Bertz CT molecular complexity index is 554. The number of rotatable bonds is 0. The quantitative estimate of drug-likeness (QED) is 0.571. The van der Waals surface area contributed by atoms with Crippen LogP contribution in [0.5, 0.6) is 0 Å². The van der Waals surface area contributed by atoms with Gasteiger partial charge in [-0.15, -0.1) is 0 Å². The summed E-state index contributed by atoms with van der Waals surface area (Å²) in [5.41, 5.74) is 1.06. The van der Waals surface area contributed by atoms with E-state index in [1.807, 2.05) is 36.4 Å². The lowest BCUT2D eigenvalue weighted by Gasteiger charge is -1.93. The highest BCUT2D eigenvalue weighted by Crippen LogP contribution is 2.12. The highest BCUT2D eigenvalue weighted by Gasteiger charge is 2.00. The van der Waals surface area contributed by atoms with E-state index in [2.05, 4.69) is 19.9 Å². The van der Waals surface area contributed by atoms with Crippen LogP contribution in [-0.4, -0.2) is 19.9 Å². The van der Waals surface area contributed by atoms with Gasteiger partial charge in [-0.1, -0.05) is 48.0 Å². The van der Waals surface area contributed by atoms with Crippen LogP contribution in [0, 0.1) is 0 Å². The second-order valence-corrected chi connectivity index (χ2v) is 3.41. The predicted octanol–water partition coefficient (Wildman–Crippen LogP) is 2.76. The van der Waals surface area contributed by atoms with E-state index in [0.717, 1.165) is 0 Å². The van der Waals surface area contributed by atoms with Crippen molar-refractivity contribution >= 4 is 22.8 Å². The molecule has 0 amide bonds. The molecule has 0 aliphatic carbocycles. The van der Waals surface area contributed by atoms with Crippen molar-refractivity contribution in [2.75, 3.05) is 0 Å². The maximum atomic E-state index is 5.70. The number of hydrogen-bond donors (Lipinski definition) is 0. The molecule has 0 N–H and O–H groups in total. The molecular weight excluding hydrogens is 236 g/mol. The van der Waals surface area contributed by atoms with Gasteiger partial charge in [-0.2, -0.15) is 0 Å². The fraction of sp³-hybridized carbons (Fsp3) is 0. The van der Waals surface area contributed by atoms with Crippen molar-refractivity contribution in [3.8, 4) is 0 Å². The summed E-state index contributed by atoms with van der Waals surface area (Å²) in [7, 11) is 0. The molecule has 0 aliphatic heterocycles. The Kier molecular flexibility index (Phi) is 3.94. The lowest BCUT2D eigenvalue weighted by molar-refractivity contribution is 1.15. The summed E-state index contributed by atoms with van der Waals surface area (Å²) in [6, 6.07) is 12.0. The van der Waals surface area contributed by atoms with Gasteiger partial charge in [0, 0.05) is 12.4 Å². The van der Waals surface area contributed by atoms with Crippen LogP contribution in [-0.2, 0) is 0 Å². The zero-order chi connectivity index (χ0) is 11.9. The zero-order valence-electron chi connectivity index (χ0n) is 8.86. The summed E-state index contributed by atoms with van der Waals surface area (Å²) in [4.78, 5) is 15.5. The summed E-state index contributed by atoms with van der Waals surface area (Å²) in [6.45, 7) is 0. The number of halogens is 1. The second-order valence-electron chi connectivity index (χ2n) is 3.05. The van der Waals surface area contributed by atoms with Crippen LogP contribution < -0.4 is 0 Å². The largest absolute Gasteiger partial charge is 0.248 e. The molecule has 0 aliphatic rings. The minimum atomic E-state index is 0.336. The topological polar surface area (TPSA) is 51.6 Å². The lowest BCUT2D eigenvalue weighted by Crippen LogP contribution is -1.88. The lowest BCUT2D eigenvalue weighted by atomic mass is 10.4. The summed E-state index contributed by atoms with van der Waals surface area (Å²) < 4.78 is 0. The van der Waals surface area contributed by atoms with Gasteiger partial charge in [0.2, 0.25) is 0 Å². The standard InChI is InChI=1S/C6H3ClN4.C6H6/c7-5-4-6(11-3-10-5)9-2-1-8-4;1-2-4-6-5-3-1/h1-3H;1-6H. The molecule has 0 saturated carbocycles. The third-order valence-corrected chi connectivity index (χ3v) is 2.17. The van der Waals surface area contributed by atoms with E-state index in [0.29, 0.717) is 16.3 Å². The van der Waals surface area contributed by atoms with Crippen molar-refractivity contribution in [2.24, 2.45) is 0 Å². The molecule has 1 aromatic carbocycles. The maximum Gasteiger partial charge on any atom is 0.182 e. The molecule has 5 heteroatoms. The van der Waals surface area contributed by atoms with E-state index in [-0.39, 0.29) is 0 Å². The fourth-order valence-electron chi connectivity index (χ4n) is 1.15. The minimum absolute atomic E-state index is 0.336. The van der Waals surface area contributed by atoms with Crippen LogP contribution in [0.15, 0.2) is 55.1 Å². The summed E-state index contributed by atoms with van der Waals surface area (Å²) >= 11 is 5.70. The monoisotopic (exact) mass is 244 g/mol. The molecule has 17 heavy (non-hydrogen) atoms. The molecule has 0 bridgehead atoms. The van der Waals surface area contributed by atoms with Crippen molar-refractivity contribution in [3.63, 3.8) is 0 Å². The first-order valence-electron chi connectivity index (χ1n) is 4.95. The van der Waals surface area contributed by atoms with Crippen LogP contribution in [0.2, 0.25) is 5.15 Å². The normalized spacial score (nSPS) is 9.47. The highest BCUT2D eigenvalue weighted by molar-refractivity contribution is 6.33. The molecule has 3 rings (SSSR count). The average Bonchev–Trinajstić information content (AvgIpc) is 2.42. The van der Waals surface area contributed by atoms with Crippen LogP contribution in [0.4, 0.5) is 0 Å². The van der Waals surface area contributed by atoms with E-state index in [1.54, 1.807) is 12.4 Å².